The number of rotatable bonds is 18. The van der Waals surface area contributed by atoms with Crippen molar-refractivity contribution in [2.75, 3.05) is 0 Å². The van der Waals surface area contributed by atoms with Crippen LogP contribution in [0.1, 0.15) is 124 Å². The van der Waals surface area contributed by atoms with Gasteiger partial charge in [-0.05, 0) is 188 Å². The zero-order valence-corrected chi connectivity index (χ0v) is 43.9. The molecule has 0 N–H and O–H groups in total. The zero-order valence-electron chi connectivity index (χ0n) is 42.1. The summed E-state index contributed by atoms with van der Waals surface area (Å²) in [6.45, 7) is 36.4. The van der Waals surface area contributed by atoms with Crippen LogP contribution < -0.4 is 18.1 Å². The van der Waals surface area contributed by atoms with E-state index >= 15 is 0 Å². The monoisotopic (exact) mass is 914 g/mol. The lowest BCUT2D eigenvalue weighted by Crippen LogP contribution is -2.09. The number of aryl methyl sites for hydroxylation is 7. The van der Waals surface area contributed by atoms with Gasteiger partial charge >= 0.3 is 17.2 Å². The van der Waals surface area contributed by atoms with Crippen molar-refractivity contribution in [1.29, 1.82) is 0 Å². The minimum Gasteiger partial charge on any atom is -0.416 e. The summed E-state index contributed by atoms with van der Waals surface area (Å²) in [6, 6.07) is 20.8. The standard InChI is InChI=1S/C57H72O6P2/c1-35(2)27-38(7)19-18-26-58-64(59-52-23-20-39(8)29-44(52)13)63-57-49(28-36(3)4)32-42(11)48(17)56(57)51-34-55(50(37(5)6)33-43(12)47(51)16)62-65(60-53-24-21-40(9)30-45(53)14)61-54-25-22-41(10)31-46(54)15/h18-27,29-33,36-37H,28,34H2,1-17H3/b26-18+,38-19-. The van der Waals surface area contributed by atoms with Crippen LogP contribution in [0.2, 0.25) is 0 Å². The van der Waals surface area contributed by atoms with Gasteiger partial charge in [0.2, 0.25) is 0 Å². The number of allylic oxidation sites excluding steroid dienone is 10. The predicted octanol–water partition coefficient (Wildman–Crippen LogP) is 17.9. The first-order valence-corrected chi connectivity index (χ1v) is 25.0. The SMILES string of the molecule is CC(C)=C/C(C)=C\C=C\OP(Oc1ccc(C)cc1C)Oc1c(CC(C)C)cc(C)c(C)c1C1=C(C)C(C)=CC(C(C)C)=C(OP(Oc2ccc(C)cc2C)Oc2ccc(C)cc2C)C1. The molecule has 4 aromatic rings. The Balaban J connectivity index is 1.68. The van der Waals surface area contributed by atoms with Gasteiger partial charge in [-0.1, -0.05) is 116 Å². The quantitative estimate of drug-likeness (QED) is 0.0563. The van der Waals surface area contributed by atoms with Crippen molar-refractivity contribution in [2.45, 2.75) is 131 Å². The van der Waals surface area contributed by atoms with Crippen molar-refractivity contribution >= 4 is 22.8 Å². The first-order valence-electron chi connectivity index (χ1n) is 22.8. The lowest BCUT2D eigenvalue weighted by molar-refractivity contribution is 0.321. The van der Waals surface area contributed by atoms with Gasteiger partial charge in [-0.15, -0.1) is 0 Å². The van der Waals surface area contributed by atoms with Crippen molar-refractivity contribution in [1.82, 2.24) is 0 Å². The average molecular weight is 915 g/mol. The molecule has 4 aromatic carbocycles. The highest BCUT2D eigenvalue weighted by Crippen LogP contribution is 2.53. The Hall–Kier alpha value is -5.02. The molecule has 0 radical (unpaired) electrons. The van der Waals surface area contributed by atoms with E-state index < -0.39 is 17.2 Å². The van der Waals surface area contributed by atoms with E-state index in [0.717, 1.165) is 107 Å². The Morgan fingerprint density at radius 2 is 1.15 bits per heavy atom. The summed E-state index contributed by atoms with van der Waals surface area (Å²) >= 11 is 0. The maximum absolute atomic E-state index is 7.23. The molecule has 1 aliphatic rings. The Labute approximate surface area is 394 Å². The van der Waals surface area contributed by atoms with Crippen molar-refractivity contribution in [3.8, 4) is 23.0 Å². The molecule has 8 heteroatoms. The predicted molar refractivity (Wildman–Crippen MR) is 276 cm³/mol. The van der Waals surface area contributed by atoms with Crippen LogP contribution in [0.5, 0.6) is 23.0 Å². The maximum atomic E-state index is 7.23. The molecule has 346 valence electrons. The van der Waals surface area contributed by atoms with E-state index in [4.69, 9.17) is 27.1 Å². The maximum Gasteiger partial charge on any atom is 0.529 e. The molecule has 0 aromatic heterocycles. The lowest BCUT2D eigenvalue weighted by atomic mass is 9.86. The summed E-state index contributed by atoms with van der Waals surface area (Å²) in [4.78, 5) is 0. The number of hydrogen-bond acceptors (Lipinski definition) is 6. The molecule has 0 saturated carbocycles. The van der Waals surface area contributed by atoms with Gasteiger partial charge in [-0.2, -0.15) is 0 Å². The summed E-state index contributed by atoms with van der Waals surface area (Å²) in [7, 11) is -3.95. The fourth-order valence-electron chi connectivity index (χ4n) is 7.93. The van der Waals surface area contributed by atoms with E-state index in [2.05, 4.69) is 172 Å². The molecule has 0 bridgehead atoms. The second kappa shape index (κ2) is 22.9. The Morgan fingerprint density at radius 3 is 1.63 bits per heavy atom. The van der Waals surface area contributed by atoms with E-state index in [9.17, 15) is 0 Å². The van der Waals surface area contributed by atoms with Gasteiger partial charge < -0.3 is 27.1 Å². The highest BCUT2D eigenvalue weighted by atomic mass is 31.2. The molecule has 0 spiro atoms. The van der Waals surface area contributed by atoms with Crippen LogP contribution in [0.4, 0.5) is 0 Å². The lowest BCUT2D eigenvalue weighted by Gasteiger charge is -2.27. The minimum absolute atomic E-state index is 0.144. The summed E-state index contributed by atoms with van der Waals surface area (Å²) < 4.78 is 41.2. The molecular weight excluding hydrogens is 843 g/mol. The second-order valence-electron chi connectivity index (χ2n) is 18.7. The molecule has 0 heterocycles. The average Bonchev–Trinajstić information content (AvgIpc) is 3.33. The van der Waals surface area contributed by atoms with E-state index in [1.54, 1.807) is 6.26 Å². The summed E-state index contributed by atoms with van der Waals surface area (Å²) in [5.41, 5.74) is 17.8. The van der Waals surface area contributed by atoms with E-state index in [-0.39, 0.29) is 5.92 Å². The molecule has 6 nitrogen and oxygen atoms in total. The second-order valence-corrected chi connectivity index (χ2v) is 20.7. The third kappa shape index (κ3) is 14.0. The summed E-state index contributed by atoms with van der Waals surface area (Å²) in [5.74, 6) is 4.23. The van der Waals surface area contributed by atoms with Gasteiger partial charge in [0, 0.05) is 12.0 Å². The first kappa shape index (κ1) is 51.0. The van der Waals surface area contributed by atoms with Crippen LogP contribution in [0, 0.1) is 67.2 Å². The number of benzene rings is 4. The molecule has 1 unspecified atom stereocenters. The van der Waals surface area contributed by atoms with E-state index in [0.29, 0.717) is 18.1 Å². The van der Waals surface area contributed by atoms with Gasteiger partial charge in [0.05, 0.1) is 6.26 Å². The van der Waals surface area contributed by atoms with Gasteiger partial charge in [0.25, 0.3) is 0 Å². The zero-order chi connectivity index (χ0) is 47.7. The fraction of sp³-hybridized carbons (Fsp3) is 0.368. The van der Waals surface area contributed by atoms with Crippen LogP contribution in [-0.4, -0.2) is 0 Å². The van der Waals surface area contributed by atoms with Crippen molar-refractivity contribution in [3.63, 3.8) is 0 Å². The number of hydrogen-bond donors (Lipinski definition) is 0. The van der Waals surface area contributed by atoms with Gasteiger partial charge in [0.15, 0.2) is 0 Å². The third-order valence-corrected chi connectivity index (χ3v) is 13.5. The smallest absolute Gasteiger partial charge is 0.416 e. The molecule has 0 aliphatic heterocycles. The van der Waals surface area contributed by atoms with Crippen molar-refractivity contribution < 1.29 is 27.1 Å². The topological polar surface area (TPSA) is 55.4 Å². The van der Waals surface area contributed by atoms with Crippen LogP contribution >= 0.6 is 17.2 Å². The third-order valence-electron chi connectivity index (χ3n) is 11.5. The van der Waals surface area contributed by atoms with Crippen LogP contribution in [0.25, 0.3) is 5.57 Å². The molecule has 1 atom stereocenters. The Morgan fingerprint density at radius 1 is 0.631 bits per heavy atom. The van der Waals surface area contributed by atoms with E-state index in [1.807, 2.05) is 30.4 Å². The molecule has 0 amide bonds. The van der Waals surface area contributed by atoms with E-state index in [1.165, 1.54) is 11.1 Å². The van der Waals surface area contributed by atoms with Crippen LogP contribution in [-0.2, 0) is 15.5 Å². The summed E-state index contributed by atoms with van der Waals surface area (Å²) in [5, 5.41) is 0. The molecule has 65 heavy (non-hydrogen) atoms. The fourth-order valence-corrected chi connectivity index (χ4v) is 10.1. The largest absolute Gasteiger partial charge is 0.529 e. The first-order chi connectivity index (χ1) is 30.7. The van der Waals surface area contributed by atoms with Crippen molar-refractivity contribution in [3.05, 3.63) is 180 Å². The molecule has 0 saturated heterocycles. The van der Waals surface area contributed by atoms with Crippen molar-refractivity contribution in [2.24, 2.45) is 11.8 Å². The van der Waals surface area contributed by atoms with Gasteiger partial charge in [-0.25, -0.2) is 0 Å². The molecule has 1 aliphatic carbocycles. The highest BCUT2D eigenvalue weighted by Gasteiger charge is 2.32. The molecular formula is C57H72O6P2. The van der Waals surface area contributed by atoms with Crippen LogP contribution in [0.3, 0.4) is 0 Å². The normalized spacial score (nSPS) is 14.0. The Kier molecular flexibility index (Phi) is 18.0. The molecule has 5 rings (SSSR count). The van der Waals surface area contributed by atoms with Gasteiger partial charge in [0.1, 0.15) is 28.8 Å². The van der Waals surface area contributed by atoms with Gasteiger partial charge in [-0.3, -0.25) is 0 Å². The Bertz CT molecular complexity index is 2490. The minimum atomic E-state index is -1.98. The van der Waals surface area contributed by atoms with Crippen LogP contribution in [0.15, 0.2) is 125 Å². The highest BCUT2D eigenvalue weighted by molar-refractivity contribution is 7.43. The summed E-state index contributed by atoms with van der Waals surface area (Å²) in [6.07, 6.45) is 11.3. The molecule has 0 fully saturated rings.